The van der Waals surface area contributed by atoms with Crippen LogP contribution in [-0.2, 0) is 6.54 Å². The Morgan fingerprint density at radius 2 is 2.06 bits per heavy atom. The molecule has 0 fully saturated rings. The second kappa shape index (κ2) is 6.58. The molecule has 4 heteroatoms. The molecule has 18 heavy (non-hydrogen) atoms. The summed E-state index contributed by atoms with van der Waals surface area (Å²) >= 11 is 13.9. The SMILES string of the molecule is CCCNCc1ccc(Cl)cc1-c1sccc1Cl. The molecule has 0 aliphatic rings. The van der Waals surface area contributed by atoms with Gasteiger partial charge in [-0.1, -0.05) is 36.2 Å². The van der Waals surface area contributed by atoms with Gasteiger partial charge in [-0.3, -0.25) is 0 Å². The Bertz CT molecular complexity index is 522. The number of rotatable bonds is 5. The van der Waals surface area contributed by atoms with E-state index >= 15 is 0 Å². The highest BCUT2D eigenvalue weighted by Crippen LogP contribution is 2.36. The third kappa shape index (κ3) is 3.27. The van der Waals surface area contributed by atoms with Crippen molar-refractivity contribution in [1.82, 2.24) is 5.32 Å². The molecule has 2 aromatic rings. The fourth-order valence-corrected chi connectivity index (χ4v) is 3.18. The van der Waals surface area contributed by atoms with Gasteiger partial charge in [0.15, 0.2) is 0 Å². The van der Waals surface area contributed by atoms with E-state index in [0.29, 0.717) is 0 Å². The molecule has 0 aliphatic carbocycles. The van der Waals surface area contributed by atoms with Gasteiger partial charge >= 0.3 is 0 Å². The first kappa shape index (κ1) is 13.9. The van der Waals surface area contributed by atoms with E-state index in [1.807, 2.05) is 23.6 Å². The van der Waals surface area contributed by atoms with E-state index in [1.54, 1.807) is 11.3 Å². The van der Waals surface area contributed by atoms with Gasteiger partial charge in [-0.05, 0) is 47.7 Å². The number of hydrogen-bond acceptors (Lipinski definition) is 2. The van der Waals surface area contributed by atoms with Crippen LogP contribution in [0, 0.1) is 0 Å². The maximum absolute atomic E-state index is 6.21. The highest BCUT2D eigenvalue weighted by atomic mass is 35.5. The minimum Gasteiger partial charge on any atom is -0.313 e. The van der Waals surface area contributed by atoms with Crippen molar-refractivity contribution in [2.45, 2.75) is 19.9 Å². The molecule has 0 radical (unpaired) electrons. The average Bonchev–Trinajstić information content (AvgIpc) is 2.77. The molecule has 1 aromatic heterocycles. The third-order valence-electron chi connectivity index (χ3n) is 2.68. The zero-order valence-electron chi connectivity index (χ0n) is 10.2. The van der Waals surface area contributed by atoms with Crippen LogP contribution < -0.4 is 5.32 Å². The predicted octanol–water partition coefficient (Wildman–Crippen LogP) is 5.22. The minimum atomic E-state index is 0.744. The number of thiophene rings is 1. The third-order valence-corrected chi connectivity index (χ3v) is 4.29. The molecule has 0 aliphatic heterocycles. The Morgan fingerprint density at radius 1 is 1.22 bits per heavy atom. The predicted molar refractivity (Wildman–Crippen MR) is 81.8 cm³/mol. The Morgan fingerprint density at radius 3 is 2.72 bits per heavy atom. The monoisotopic (exact) mass is 299 g/mol. The van der Waals surface area contributed by atoms with E-state index in [4.69, 9.17) is 23.2 Å². The molecule has 0 bridgehead atoms. The highest BCUT2D eigenvalue weighted by molar-refractivity contribution is 7.14. The molecule has 96 valence electrons. The van der Waals surface area contributed by atoms with Gasteiger partial charge in [-0.15, -0.1) is 11.3 Å². The van der Waals surface area contributed by atoms with Crippen LogP contribution in [0.25, 0.3) is 10.4 Å². The van der Waals surface area contributed by atoms with E-state index in [2.05, 4.69) is 18.3 Å². The highest BCUT2D eigenvalue weighted by Gasteiger charge is 2.10. The first-order valence-corrected chi connectivity index (χ1v) is 7.58. The lowest BCUT2D eigenvalue weighted by molar-refractivity contribution is 0.676. The van der Waals surface area contributed by atoms with Crippen molar-refractivity contribution in [2.75, 3.05) is 6.54 Å². The summed E-state index contributed by atoms with van der Waals surface area (Å²) in [5.74, 6) is 0. The fourth-order valence-electron chi connectivity index (χ4n) is 1.80. The van der Waals surface area contributed by atoms with Crippen LogP contribution in [-0.4, -0.2) is 6.54 Å². The van der Waals surface area contributed by atoms with Gasteiger partial charge in [0.25, 0.3) is 0 Å². The maximum Gasteiger partial charge on any atom is 0.0592 e. The lowest BCUT2D eigenvalue weighted by Gasteiger charge is -2.10. The van der Waals surface area contributed by atoms with Gasteiger partial charge < -0.3 is 5.32 Å². The molecule has 1 nitrogen and oxygen atoms in total. The first-order chi connectivity index (χ1) is 8.72. The Kier molecular flexibility index (Phi) is 5.07. The molecule has 1 aromatic carbocycles. The summed E-state index contributed by atoms with van der Waals surface area (Å²) in [6.45, 7) is 4.01. The molecule has 0 amide bonds. The molecular weight excluding hydrogens is 285 g/mol. The van der Waals surface area contributed by atoms with Crippen molar-refractivity contribution >= 4 is 34.5 Å². The molecule has 1 N–H and O–H groups in total. The summed E-state index contributed by atoms with van der Waals surface area (Å²) in [5.41, 5.74) is 2.36. The van der Waals surface area contributed by atoms with E-state index in [9.17, 15) is 0 Å². The van der Waals surface area contributed by atoms with Crippen LogP contribution in [0.2, 0.25) is 10.0 Å². The molecule has 0 saturated heterocycles. The molecule has 2 rings (SSSR count). The van der Waals surface area contributed by atoms with Crippen molar-refractivity contribution in [2.24, 2.45) is 0 Å². The van der Waals surface area contributed by atoms with Crippen molar-refractivity contribution in [3.63, 3.8) is 0 Å². The minimum absolute atomic E-state index is 0.744. The van der Waals surface area contributed by atoms with Crippen molar-refractivity contribution in [3.05, 3.63) is 45.3 Å². The van der Waals surface area contributed by atoms with Crippen LogP contribution in [0.1, 0.15) is 18.9 Å². The molecule has 0 unspecified atom stereocenters. The summed E-state index contributed by atoms with van der Waals surface area (Å²) in [6, 6.07) is 7.90. The van der Waals surface area contributed by atoms with Crippen molar-refractivity contribution < 1.29 is 0 Å². The van der Waals surface area contributed by atoms with E-state index < -0.39 is 0 Å². The standard InChI is InChI=1S/C14H15Cl2NS/c1-2-6-17-9-10-3-4-11(15)8-12(10)14-13(16)5-7-18-14/h3-5,7-8,17H,2,6,9H2,1H3. The zero-order chi connectivity index (χ0) is 13.0. The molecule has 1 heterocycles. The van der Waals surface area contributed by atoms with Gasteiger partial charge in [-0.2, -0.15) is 0 Å². The zero-order valence-corrected chi connectivity index (χ0v) is 12.5. The lowest BCUT2D eigenvalue weighted by atomic mass is 10.1. The largest absolute Gasteiger partial charge is 0.313 e. The number of nitrogens with one attached hydrogen (secondary N) is 1. The van der Waals surface area contributed by atoms with Crippen LogP contribution in [0.3, 0.4) is 0 Å². The normalized spacial score (nSPS) is 10.8. The number of benzene rings is 1. The maximum atomic E-state index is 6.21. The van der Waals surface area contributed by atoms with Gasteiger partial charge in [-0.25, -0.2) is 0 Å². The van der Waals surface area contributed by atoms with Crippen LogP contribution in [0.15, 0.2) is 29.6 Å². The molecule has 0 atom stereocenters. The molecular formula is C14H15Cl2NS. The lowest BCUT2D eigenvalue weighted by Crippen LogP contribution is -2.14. The number of halogens is 2. The topological polar surface area (TPSA) is 12.0 Å². The number of hydrogen-bond donors (Lipinski definition) is 1. The Hall–Kier alpha value is -0.540. The van der Waals surface area contributed by atoms with E-state index in [-0.39, 0.29) is 0 Å². The van der Waals surface area contributed by atoms with Gasteiger partial charge in [0.2, 0.25) is 0 Å². The second-order valence-corrected chi connectivity index (χ2v) is 5.84. The van der Waals surface area contributed by atoms with Gasteiger partial charge in [0.05, 0.1) is 9.90 Å². The van der Waals surface area contributed by atoms with Crippen LogP contribution in [0.4, 0.5) is 0 Å². The van der Waals surface area contributed by atoms with Crippen molar-refractivity contribution in [3.8, 4) is 10.4 Å². The summed E-state index contributed by atoms with van der Waals surface area (Å²) in [5, 5.41) is 6.95. The first-order valence-electron chi connectivity index (χ1n) is 5.95. The summed E-state index contributed by atoms with van der Waals surface area (Å²) in [7, 11) is 0. The van der Waals surface area contributed by atoms with Crippen molar-refractivity contribution in [1.29, 1.82) is 0 Å². The van der Waals surface area contributed by atoms with Crippen LogP contribution in [0.5, 0.6) is 0 Å². The summed E-state index contributed by atoms with van der Waals surface area (Å²) < 4.78 is 0. The fraction of sp³-hybridized carbons (Fsp3) is 0.286. The Labute approximate surface area is 122 Å². The van der Waals surface area contributed by atoms with Gasteiger partial charge in [0.1, 0.15) is 0 Å². The molecule has 0 spiro atoms. The quantitative estimate of drug-likeness (QED) is 0.746. The average molecular weight is 300 g/mol. The second-order valence-electron chi connectivity index (χ2n) is 4.08. The van der Waals surface area contributed by atoms with Gasteiger partial charge in [0, 0.05) is 11.6 Å². The molecule has 0 saturated carbocycles. The summed E-state index contributed by atoms with van der Waals surface area (Å²) in [4.78, 5) is 1.09. The smallest absolute Gasteiger partial charge is 0.0592 e. The summed E-state index contributed by atoms with van der Waals surface area (Å²) in [6.07, 6.45) is 1.13. The Balaban J connectivity index is 2.32. The van der Waals surface area contributed by atoms with Crippen LogP contribution >= 0.6 is 34.5 Å². The van der Waals surface area contributed by atoms with E-state index in [0.717, 1.165) is 40.0 Å². The van der Waals surface area contributed by atoms with E-state index in [1.165, 1.54) is 5.56 Å².